The van der Waals surface area contributed by atoms with Gasteiger partial charge in [-0.05, 0) is 36.1 Å². The maximum absolute atomic E-state index is 12.8. The third-order valence-corrected chi connectivity index (χ3v) is 4.45. The third-order valence-electron chi connectivity index (χ3n) is 4.45. The van der Waals surface area contributed by atoms with Gasteiger partial charge in [0.05, 0.1) is 0 Å². The van der Waals surface area contributed by atoms with Crippen molar-refractivity contribution in [1.29, 1.82) is 0 Å². The number of nitrogens with zero attached hydrogens (tertiary/aromatic N) is 1. The Morgan fingerprint density at radius 2 is 1.76 bits per heavy atom. The Hall–Kier alpha value is -2.95. The fourth-order valence-corrected chi connectivity index (χ4v) is 3.05. The molecule has 5 nitrogen and oxygen atoms in total. The molecule has 3 amide bonds. The highest BCUT2D eigenvalue weighted by Crippen LogP contribution is 2.22. The van der Waals surface area contributed by atoms with Gasteiger partial charge in [-0.1, -0.05) is 42.5 Å². The number of nitrogens with one attached hydrogen (secondary N) is 1. The second-order valence-electron chi connectivity index (χ2n) is 6.18. The van der Waals surface area contributed by atoms with E-state index in [1.165, 1.54) is 4.90 Å². The molecule has 1 fully saturated rings. The van der Waals surface area contributed by atoms with Crippen LogP contribution >= 0.6 is 0 Å². The molecule has 1 atom stereocenters. The molecular formula is C20H20N2O3. The molecule has 0 radical (unpaired) electrons. The molecule has 25 heavy (non-hydrogen) atoms. The Labute approximate surface area is 146 Å². The minimum atomic E-state index is -0.626. The summed E-state index contributed by atoms with van der Waals surface area (Å²) < 4.78 is 0. The van der Waals surface area contributed by atoms with Crippen LogP contribution in [0.4, 0.5) is 0 Å². The number of hydrogen-bond donors (Lipinski definition) is 1. The van der Waals surface area contributed by atoms with Crippen molar-refractivity contribution in [2.45, 2.75) is 25.3 Å². The van der Waals surface area contributed by atoms with Crippen LogP contribution in [-0.4, -0.2) is 35.7 Å². The monoisotopic (exact) mass is 336 g/mol. The van der Waals surface area contributed by atoms with Crippen molar-refractivity contribution in [3.8, 4) is 11.1 Å². The van der Waals surface area contributed by atoms with Gasteiger partial charge in [-0.15, -0.1) is 0 Å². The number of rotatable bonds is 3. The van der Waals surface area contributed by atoms with Crippen LogP contribution in [0.25, 0.3) is 11.1 Å². The van der Waals surface area contributed by atoms with Crippen LogP contribution in [-0.2, 0) is 9.59 Å². The third kappa shape index (κ3) is 3.76. The molecular weight excluding hydrogens is 316 g/mol. The molecule has 1 saturated heterocycles. The fourth-order valence-electron chi connectivity index (χ4n) is 3.05. The summed E-state index contributed by atoms with van der Waals surface area (Å²) >= 11 is 0. The van der Waals surface area contributed by atoms with Crippen molar-refractivity contribution >= 4 is 17.7 Å². The standard InChI is InChI=1S/C20H20N2O3/c1-22(17-11-6-12-18(23)21-19(17)24)20(25)16-10-5-9-15(13-16)14-7-3-2-4-8-14/h2-5,7-10,13,17H,6,11-12H2,1H3,(H,21,23,24). The SMILES string of the molecule is CN(C(=O)c1cccc(-c2ccccc2)c1)C1CCCC(=O)NC1=O. The normalized spacial score (nSPS) is 17.6. The summed E-state index contributed by atoms with van der Waals surface area (Å²) in [6.45, 7) is 0. The number of carbonyl (C=O) groups excluding carboxylic acids is 3. The number of likely N-dealkylation sites (N-methyl/N-ethyl adjacent to an activating group) is 1. The first-order valence-electron chi connectivity index (χ1n) is 8.32. The Kier molecular flexibility index (Phi) is 4.93. The molecule has 0 bridgehead atoms. The van der Waals surface area contributed by atoms with E-state index in [-0.39, 0.29) is 11.8 Å². The molecule has 0 spiro atoms. The molecule has 2 aromatic rings. The molecule has 1 unspecified atom stereocenters. The van der Waals surface area contributed by atoms with Gasteiger partial charge in [-0.3, -0.25) is 19.7 Å². The van der Waals surface area contributed by atoms with E-state index in [9.17, 15) is 14.4 Å². The highest BCUT2D eigenvalue weighted by Gasteiger charge is 2.30. The number of carbonyl (C=O) groups is 3. The van der Waals surface area contributed by atoms with E-state index in [1.807, 2.05) is 48.5 Å². The maximum atomic E-state index is 12.8. The zero-order chi connectivity index (χ0) is 17.8. The lowest BCUT2D eigenvalue weighted by Crippen LogP contribution is -2.47. The number of imide groups is 1. The smallest absolute Gasteiger partial charge is 0.254 e. The second-order valence-corrected chi connectivity index (χ2v) is 6.18. The lowest BCUT2D eigenvalue weighted by Gasteiger charge is -2.25. The van der Waals surface area contributed by atoms with Crippen LogP contribution in [0.2, 0.25) is 0 Å². The Bertz CT molecular complexity index is 802. The van der Waals surface area contributed by atoms with Gasteiger partial charge >= 0.3 is 0 Å². The first kappa shape index (κ1) is 16.9. The van der Waals surface area contributed by atoms with Crippen molar-refractivity contribution in [3.63, 3.8) is 0 Å². The molecule has 3 rings (SSSR count). The van der Waals surface area contributed by atoms with Crippen LogP contribution < -0.4 is 5.32 Å². The second kappa shape index (κ2) is 7.30. The minimum absolute atomic E-state index is 0.229. The average molecular weight is 336 g/mol. The van der Waals surface area contributed by atoms with Gasteiger partial charge in [0.1, 0.15) is 6.04 Å². The molecule has 1 heterocycles. The predicted octanol–water partition coefficient (Wildman–Crippen LogP) is 2.62. The van der Waals surface area contributed by atoms with Gasteiger partial charge < -0.3 is 4.90 Å². The van der Waals surface area contributed by atoms with E-state index in [0.717, 1.165) is 11.1 Å². The van der Waals surface area contributed by atoms with Gasteiger partial charge in [-0.25, -0.2) is 0 Å². The summed E-state index contributed by atoms with van der Waals surface area (Å²) in [6, 6.07) is 16.5. The summed E-state index contributed by atoms with van der Waals surface area (Å²) in [4.78, 5) is 37.9. The number of benzene rings is 2. The van der Waals surface area contributed by atoms with Crippen LogP contribution in [0.3, 0.4) is 0 Å². The predicted molar refractivity (Wildman–Crippen MR) is 94.8 cm³/mol. The van der Waals surface area contributed by atoms with E-state index >= 15 is 0 Å². The van der Waals surface area contributed by atoms with Crippen molar-refractivity contribution in [1.82, 2.24) is 10.2 Å². The average Bonchev–Trinajstić information content (AvgIpc) is 2.81. The van der Waals surface area contributed by atoms with Gasteiger partial charge in [0.25, 0.3) is 5.91 Å². The minimum Gasteiger partial charge on any atom is -0.330 e. The maximum Gasteiger partial charge on any atom is 0.254 e. The van der Waals surface area contributed by atoms with Crippen molar-refractivity contribution in [2.75, 3.05) is 7.05 Å². The van der Waals surface area contributed by atoms with Gasteiger partial charge in [0.2, 0.25) is 11.8 Å². The van der Waals surface area contributed by atoms with Crippen LogP contribution in [0.5, 0.6) is 0 Å². The van der Waals surface area contributed by atoms with E-state index in [0.29, 0.717) is 24.8 Å². The molecule has 0 aliphatic carbocycles. The number of hydrogen-bond acceptors (Lipinski definition) is 3. The summed E-state index contributed by atoms with van der Waals surface area (Å²) in [6.07, 6.45) is 1.38. The molecule has 0 saturated carbocycles. The lowest BCUT2D eigenvalue weighted by molar-refractivity contribution is -0.131. The largest absolute Gasteiger partial charge is 0.330 e. The highest BCUT2D eigenvalue weighted by atomic mass is 16.2. The van der Waals surface area contributed by atoms with Crippen molar-refractivity contribution in [2.24, 2.45) is 0 Å². The molecule has 1 aliphatic heterocycles. The lowest BCUT2D eigenvalue weighted by atomic mass is 10.0. The van der Waals surface area contributed by atoms with E-state index in [4.69, 9.17) is 0 Å². The van der Waals surface area contributed by atoms with Crippen LogP contribution in [0, 0.1) is 0 Å². The molecule has 128 valence electrons. The number of amides is 3. The van der Waals surface area contributed by atoms with Crippen LogP contribution in [0.15, 0.2) is 54.6 Å². The Morgan fingerprint density at radius 3 is 2.52 bits per heavy atom. The Balaban J connectivity index is 1.83. The van der Waals surface area contributed by atoms with E-state index in [1.54, 1.807) is 13.1 Å². The topological polar surface area (TPSA) is 66.5 Å². The van der Waals surface area contributed by atoms with Crippen molar-refractivity contribution in [3.05, 3.63) is 60.2 Å². The summed E-state index contributed by atoms with van der Waals surface area (Å²) in [7, 11) is 1.61. The highest BCUT2D eigenvalue weighted by molar-refractivity contribution is 6.02. The first-order chi connectivity index (χ1) is 12.1. The van der Waals surface area contributed by atoms with Crippen LogP contribution in [0.1, 0.15) is 29.6 Å². The van der Waals surface area contributed by atoms with Gasteiger partial charge in [0, 0.05) is 19.0 Å². The van der Waals surface area contributed by atoms with E-state index in [2.05, 4.69) is 5.32 Å². The van der Waals surface area contributed by atoms with Crippen molar-refractivity contribution < 1.29 is 14.4 Å². The molecule has 1 aliphatic rings. The quantitative estimate of drug-likeness (QED) is 0.876. The molecule has 0 aromatic heterocycles. The molecule has 2 aromatic carbocycles. The zero-order valence-corrected chi connectivity index (χ0v) is 14.1. The first-order valence-corrected chi connectivity index (χ1v) is 8.32. The molecule has 1 N–H and O–H groups in total. The summed E-state index contributed by atoms with van der Waals surface area (Å²) in [5.74, 6) is -0.913. The fraction of sp³-hybridized carbons (Fsp3) is 0.250. The van der Waals surface area contributed by atoms with Gasteiger partial charge in [0.15, 0.2) is 0 Å². The summed E-state index contributed by atoms with van der Waals surface area (Å²) in [5, 5.41) is 2.34. The van der Waals surface area contributed by atoms with Gasteiger partial charge in [-0.2, -0.15) is 0 Å². The zero-order valence-electron chi connectivity index (χ0n) is 14.1. The van der Waals surface area contributed by atoms with E-state index < -0.39 is 11.9 Å². The Morgan fingerprint density at radius 1 is 1.04 bits per heavy atom. The summed E-state index contributed by atoms with van der Waals surface area (Å²) in [5.41, 5.74) is 2.49. The molecule has 5 heteroatoms.